The molecule has 0 unspecified atom stereocenters. The van der Waals surface area contributed by atoms with E-state index in [9.17, 15) is 0 Å². The number of aryl methyl sites for hydroxylation is 1. The van der Waals surface area contributed by atoms with Crippen LogP contribution in [0, 0.1) is 5.92 Å². The first-order valence-electron chi connectivity index (χ1n) is 6.27. The van der Waals surface area contributed by atoms with Gasteiger partial charge in [-0.15, -0.1) is 0 Å². The standard InChI is InChI=1S/C13H21N3/c1-9(2)8-12-15-11-7-5-4-6-10(11)13(14-3)16-12/h9H,4-8H2,1-3H3,(H,14,15,16). The molecule has 0 aliphatic heterocycles. The summed E-state index contributed by atoms with van der Waals surface area (Å²) in [7, 11) is 1.95. The fourth-order valence-electron chi connectivity index (χ4n) is 2.31. The van der Waals surface area contributed by atoms with Gasteiger partial charge in [0.1, 0.15) is 11.6 Å². The first-order valence-corrected chi connectivity index (χ1v) is 6.27. The zero-order valence-corrected chi connectivity index (χ0v) is 10.5. The molecule has 0 saturated carbocycles. The van der Waals surface area contributed by atoms with Crippen LogP contribution in [0.25, 0.3) is 0 Å². The van der Waals surface area contributed by atoms with Gasteiger partial charge in [-0.05, 0) is 31.6 Å². The van der Waals surface area contributed by atoms with Crippen molar-refractivity contribution in [2.75, 3.05) is 12.4 Å². The molecule has 1 aromatic heterocycles. The van der Waals surface area contributed by atoms with Gasteiger partial charge in [0.2, 0.25) is 0 Å². The van der Waals surface area contributed by atoms with E-state index >= 15 is 0 Å². The van der Waals surface area contributed by atoms with E-state index in [-0.39, 0.29) is 0 Å². The second-order valence-corrected chi connectivity index (χ2v) is 4.97. The Morgan fingerprint density at radius 3 is 2.62 bits per heavy atom. The van der Waals surface area contributed by atoms with Gasteiger partial charge in [0, 0.05) is 24.7 Å². The van der Waals surface area contributed by atoms with Gasteiger partial charge in [0.15, 0.2) is 0 Å². The fourth-order valence-corrected chi connectivity index (χ4v) is 2.31. The van der Waals surface area contributed by atoms with Gasteiger partial charge in [-0.1, -0.05) is 13.8 Å². The summed E-state index contributed by atoms with van der Waals surface area (Å²) in [5.74, 6) is 2.67. The Morgan fingerprint density at radius 1 is 1.19 bits per heavy atom. The summed E-state index contributed by atoms with van der Waals surface area (Å²) in [6, 6.07) is 0. The zero-order valence-electron chi connectivity index (χ0n) is 10.5. The highest BCUT2D eigenvalue weighted by Gasteiger charge is 2.17. The highest BCUT2D eigenvalue weighted by atomic mass is 15.0. The van der Waals surface area contributed by atoms with E-state index in [1.54, 1.807) is 0 Å². The van der Waals surface area contributed by atoms with Gasteiger partial charge < -0.3 is 5.32 Å². The number of nitrogens with zero attached hydrogens (tertiary/aromatic N) is 2. The summed E-state index contributed by atoms with van der Waals surface area (Å²) < 4.78 is 0. The summed E-state index contributed by atoms with van der Waals surface area (Å²) in [6.45, 7) is 4.42. The molecule has 3 heteroatoms. The average molecular weight is 219 g/mol. The van der Waals surface area contributed by atoms with E-state index in [1.165, 1.54) is 24.1 Å². The van der Waals surface area contributed by atoms with Gasteiger partial charge in [-0.2, -0.15) is 0 Å². The van der Waals surface area contributed by atoms with Crippen molar-refractivity contribution in [2.24, 2.45) is 5.92 Å². The number of rotatable bonds is 3. The van der Waals surface area contributed by atoms with Crippen LogP contribution in [-0.2, 0) is 19.3 Å². The van der Waals surface area contributed by atoms with Gasteiger partial charge in [0.25, 0.3) is 0 Å². The summed E-state index contributed by atoms with van der Waals surface area (Å²) in [4.78, 5) is 9.33. The van der Waals surface area contributed by atoms with Crippen molar-refractivity contribution < 1.29 is 0 Å². The van der Waals surface area contributed by atoms with Gasteiger partial charge in [-0.3, -0.25) is 0 Å². The van der Waals surface area contributed by atoms with Gasteiger partial charge in [-0.25, -0.2) is 9.97 Å². The van der Waals surface area contributed by atoms with Crippen molar-refractivity contribution in [3.05, 3.63) is 17.1 Å². The second-order valence-electron chi connectivity index (χ2n) is 4.97. The third-order valence-electron chi connectivity index (χ3n) is 3.06. The van der Waals surface area contributed by atoms with Crippen molar-refractivity contribution in [2.45, 2.75) is 46.0 Å². The lowest BCUT2D eigenvalue weighted by molar-refractivity contribution is 0.603. The molecule has 0 saturated heterocycles. The number of hydrogen-bond acceptors (Lipinski definition) is 3. The summed E-state index contributed by atoms with van der Waals surface area (Å²) in [5.41, 5.74) is 2.63. The number of anilines is 1. The average Bonchev–Trinajstić information content (AvgIpc) is 2.27. The molecule has 0 amide bonds. The van der Waals surface area contributed by atoms with E-state index < -0.39 is 0 Å². The quantitative estimate of drug-likeness (QED) is 0.849. The summed E-state index contributed by atoms with van der Waals surface area (Å²) in [6.07, 6.45) is 5.77. The molecule has 16 heavy (non-hydrogen) atoms. The molecule has 1 N–H and O–H groups in total. The Balaban J connectivity index is 2.35. The Hall–Kier alpha value is -1.12. The SMILES string of the molecule is CNc1nc(CC(C)C)nc2c1CCCC2. The maximum atomic E-state index is 4.71. The fraction of sp³-hybridized carbons (Fsp3) is 0.692. The molecule has 0 atom stereocenters. The molecule has 2 rings (SSSR count). The second kappa shape index (κ2) is 4.81. The topological polar surface area (TPSA) is 37.8 Å². The lowest BCUT2D eigenvalue weighted by Gasteiger charge is -2.19. The van der Waals surface area contributed by atoms with E-state index in [1.807, 2.05) is 7.05 Å². The van der Waals surface area contributed by atoms with E-state index in [4.69, 9.17) is 4.98 Å². The Labute approximate surface area is 97.7 Å². The predicted molar refractivity (Wildman–Crippen MR) is 66.8 cm³/mol. The van der Waals surface area contributed by atoms with E-state index in [0.29, 0.717) is 5.92 Å². The van der Waals surface area contributed by atoms with Crippen molar-refractivity contribution in [3.63, 3.8) is 0 Å². The minimum absolute atomic E-state index is 0.617. The monoisotopic (exact) mass is 219 g/mol. The Morgan fingerprint density at radius 2 is 1.94 bits per heavy atom. The molecule has 1 heterocycles. The van der Waals surface area contributed by atoms with E-state index in [0.717, 1.165) is 30.9 Å². The van der Waals surface area contributed by atoms with Crippen LogP contribution in [0.1, 0.15) is 43.8 Å². The number of nitrogens with one attached hydrogen (secondary N) is 1. The third-order valence-corrected chi connectivity index (χ3v) is 3.06. The number of hydrogen-bond donors (Lipinski definition) is 1. The van der Waals surface area contributed by atoms with Crippen LogP contribution >= 0.6 is 0 Å². The largest absolute Gasteiger partial charge is 0.373 e. The minimum atomic E-state index is 0.617. The van der Waals surface area contributed by atoms with Crippen molar-refractivity contribution in [3.8, 4) is 0 Å². The summed E-state index contributed by atoms with van der Waals surface area (Å²) >= 11 is 0. The van der Waals surface area contributed by atoms with Crippen LogP contribution in [-0.4, -0.2) is 17.0 Å². The van der Waals surface area contributed by atoms with Crippen LogP contribution in [0.5, 0.6) is 0 Å². The zero-order chi connectivity index (χ0) is 11.5. The first-order chi connectivity index (χ1) is 7.70. The maximum Gasteiger partial charge on any atom is 0.132 e. The van der Waals surface area contributed by atoms with Crippen LogP contribution < -0.4 is 5.32 Å². The third kappa shape index (κ3) is 2.34. The van der Waals surface area contributed by atoms with Crippen LogP contribution in [0.15, 0.2) is 0 Å². The van der Waals surface area contributed by atoms with Crippen molar-refractivity contribution in [1.29, 1.82) is 0 Å². The van der Waals surface area contributed by atoms with Gasteiger partial charge in [0.05, 0.1) is 0 Å². The molecule has 0 spiro atoms. The Kier molecular flexibility index (Phi) is 3.42. The molecule has 3 nitrogen and oxygen atoms in total. The molecule has 1 aromatic rings. The minimum Gasteiger partial charge on any atom is -0.373 e. The molecule has 0 aromatic carbocycles. The van der Waals surface area contributed by atoms with Crippen LogP contribution in [0.3, 0.4) is 0 Å². The van der Waals surface area contributed by atoms with Crippen LogP contribution in [0.4, 0.5) is 5.82 Å². The summed E-state index contributed by atoms with van der Waals surface area (Å²) in [5, 5.41) is 3.22. The van der Waals surface area contributed by atoms with Crippen molar-refractivity contribution >= 4 is 5.82 Å². The molecular formula is C13H21N3. The lowest BCUT2D eigenvalue weighted by atomic mass is 9.96. The molecule has 0 fully saturated rings. The molecule has 1 aliphatic rings. The lowest BCUT2D eigenvalue weighted by Crippen LogP contribution is -2.14. The predicted octanol–water partition coefficient (Wildman–Crippen LogP) is 2.60. The first kappa shape index (κ1) is 11.4. The number of fused-ring (bicyclic) bond motifs is 1. The highest BCUT2D eigenvalue weighted by Crippen LogP contribution is 2.25. The maximum absolute atomic E-state index is 4.71. The molecule has 1 aliphatic carbocycles. The normalized spacial score (nSPS) is 15.0. The van der Waals surface area contributed by atoms with Gasteiger partial charge >= 0.3 is 0 Å². The molecule has 0 radical (unpaired) electrons. The van der Waals surface area contributed by atoms with Crippen LogP contribution in [0.2, 0.25) is 0 Å². The highest BCUT2D eigenvalue weighted by molar-refractivity contribution is 5.47. The van der Waals surface area contributed by atoms with E-state index in [2.05, 4.69) is 24.1 Å². The molecule has 88 valence electrons. The van der Waals surface area contributed by atoms with Crippen molar-refractivity contribution in [1.82, 2.24) is 9.97 Å². The molecular weight excluding hydrogens is 198 g/mol. The smallest absolute Gasteiger partial charge is 0.132 e. The Bertz CT molecular complexity index is 354. The number of aromatic nitrogens is 2. The molecule has 0 bridgehead atoms.